The summed E-state index contributed by atoms with van der Waals surface area (Å²) in [6.45, 7) is 6.56. The van der Waals surface area contributed by atoms with Gasteiger partial charge in [-0.3, -0.25) is 0 Å². The lowest BCUT2D eigenvalue weighted by atomic mass is 9.82. The van der Waals surface area contributed by atoms with Crippen LogP contribution in [0.15, 0.2) is 109 Å². The Morgan fingerprint density at radius 3 is 1.47 bits per heavy atom. The van der Waals surface area contributed by atoms with Gasteiger partial charge in [0.1, 0.15) is 5.82 Å². The number of hydrogen-bond acceptors (Lipinski definition) is 1. The largest absolute Gasteiger partial charge is 0.338 e. The Kier molecular flexibility index (Phi) is 5.50. The number of rotatable bonds is 4. The molecule has 0 radical (unpaired) electrons. The number of nitrogens with one attached hydrogen (secondary N) is 1. The van der Waals surface area contributed by atoms with Crippen molar-refractivity contribution in [3.8, 4) is 44.8 Å². The highest BCUT2D eigenvalue weighted by atomic mass is 14.9. The van der Waals surface area contributed by atoms with Crippen molar-refractivity contribution < 1.29 is 0 Å². The Morgan fingerprint density at radius 1 is 0.444 bits per heavy atom. The highest BCUT2D eigenvalue weighted by Crippen LogP contribution is 2.46. The summed E-state index contributed by atoms with van der Waals surface area (Å²) in [7, 11) is 0. The summed E-state index contributed by atoms with van der Waals surface area (Å²) >= 11 is 0. The Labute approximate surface area is 212 Å². The molecule has 5 aromatic carbocycles. The molecule has 0 amide bonds. The molecular weight excluding hydrogens is 436 g/mol. The summed E-state index contributed by atoms with van der Waals surface area (Å²) in [5.41, 5.74) is 14.2. The monoisotopic (exact) mass is 464 g/mol. The van der Waals surface area contributed by atoms with E-state index in [0.717, 1.165) is 22.4 Å². The van der Waals surface area contributed by atoms with Gasteiger partial charge in [-0.05, 0) is 77.4 Å². The summed E-state index contributed by atoms with van der Waals surface area (Å²) in [4.78, 5) is 8.77. The van der Waals surface area contributed by atoms with Crippen molar-refractivity contribution >= 4 is 11.0 Å². The summed E-state index contributed by atoms with van der Waals surface area (Å²) in [5, 5.41) is 0. The topological polar surface area (TPSA) is 28.7 Å². The van der Waals surface area contributed by atoms with Crippen molar-refractivity contribution in [2.75, 3.05) is 0 Å². The lowest BCUT2D eigenvalue weighted by molar-refractivity contribution is 1.32. The lowest BCUT2D eigenvalue weighted by Crippen LogP contribution is -1.98. The van der Waals surface area contributed by atoms with Crippen LogP contribution in [0.4, 0.5) is 0 Å². The van der Waals surface area contributed by atoms with Gasteiger partial charge in [0, 0.05) is 11.1 Å². The number of imidazole rings is 1. The molecule has 2 nitrogen and oxygen atoms in total. The summed E-state index contributed by atoms with van der Waals surface area (Å²) < 4.78 is 0. The van der Waals surface area contributed by atoms with Crippen molar-refractivity contribution in [1.82, 2.24) is 9.97 Å². The average molecular weight is 465 g/mol. The van der Waals surface area contributed by atoms with Crippen molar-refractivity contribution in [2.45, 2.75) is 20.8 Å². The quantitative estimate of drug-likeness (QED) is 0.277. The molecular formula is C34H28N2. The van der Waals surface area contributed by atoms with Gasteiger partial charge in [-0.15, -0.1) is 0 Å². The Morgan fingerprint density at radius 2 is 0.917 bits per heavy atom. The number of aromatic nitrogens is 2. The second-order valence-electron chi connectivity index (χ2n) is 9.46. The molecule has 174 valence electrons. The number of fused-ring (bicyclic) bond motifs is 1. The number of nitrogens with zero attached hydrogens (tertiary/aromatic N) is 1. The minimum Gasteiger partial charge on any atom is -0.338 e. The summed E-state index contributed by atoms with van der Waals surface area (Å²) in [5.74, 6) is 0.892. The molecule has 0 aliphatic carbocycles. The van der Waals surface area contributed by atoms with Crippen LogP contribution < -0.4 is 0 Å². The molecule has 0 saturated carbocycles. The number of aryl methyl sites for hydroxylation is 3. The highest BCUT2D eigenvalue weighted by Gasteiger charge is 2.23. The molecule has 0 atom stereocenters. The first-order valence-corrected chi connectivity index (χ1v) is 12.4. The number of hydrogen-bond donors (Lipinski definition) is 1. The number of para-hydroxylation sites is 2. The molecule has 0 fully saturated rings. The molecule has 6 aromatic rings. The van der Waals surface area contributed by atoms with Gasteiger partial charge in [0.05, 0.1) is 11.0 Å². The zero-order chi connectivity index (χ0) is 24.6. The maximum atomic E-state index is 5.12. The van der Waals surface area contributed by atoms with E-state index in [-0.39, 0.29) is 0 Å². The number of benzene rings is 5. The lowest BCUT2D eigenvalue weighted by Gasteiger charge is -2.21. The smallest absolute Gasteiger partial charge is 0.139 e. The zero-order valence-corrected chi connectivity index (χ0v) is 20.8. The second kappa shape index (κ2) is 8.98. The fourth-order valence-corrected chi connectivity index (χ4v) is 5.25. The molecule has 0 aliphatic heterocycles. The first kappa shape index (κ1) is 22.1. The Bertz CT molecular complexity index is 1690. The van der Waals surface area contributed by atoms with Gasteiger partial charge < -0.3 is 4.98 Å². The first-order chi connectivity index (χ1) is 17.6. The van der Waals surface area contributed by atoms with Crippen LogP contribution in [-0.2, 0) is 0 Å². The van der Waals surface area contributed by atoms with Crippen LogP contribution in [0, 0.1) is 20.8 Å². The van der Waals surface area contributed by atoms with Gasteiger partial charge >= 0.3 is 0 Å². The third-order valence-electron chi connectivity index (χ3n) is 7.12. The van der Waals surface area contributed by atoms with E-state index in [0.29, 0.717) is 0 Å². The highest BCUT2D eigenvalue weighted by molar-refractivity contribution is 6.02. The normalized spacial score (nSPS) is 11.2. The summed E-state index contributed by atoms with van der Waals surface area (Å²) in [6, 6.07) is 38.8. The van der Waals surface area contributed by atoms with Crippen LogP contribution in [0.2, 0.25) is 0 Å². The Hall–Kier alpha value is -4.43. The minimum atomic E-state index is 0.892. The first-order valence-electron chi connectivity index (χ1n) is 12.4. The van der Waals surface area contributed by atoms with Crippen molar-refractivity contribution in [2.24, 2.45) is 0 Å². The standard InChI is InChI=1S/C34H28N2/c1-22-12-4-7-15-25(22)28-20-21-29(26-16-8-5-13-23(26)2)33(32(28)27-17-9-6-14-24(27)3)34-35-30-18-10-11-19-31(30)36-34/h4-21H,1-3H3,(H,35,36). The van der Waals surface area contributed by atoms with Crippen LogP contribution in [0.5, 0.6) is 0 Å². The third kappa shape index (κ3) is 3.72. The molecule has 0 bridgehead atoms. The number of H-pyrrole nitrogens is 1. The van der Waals surface area contributed by atoms with E-state index < -0.39 is 0 Å². The van der Waals surface area contributed by atoms with E-state index >= 15 is 0 Å². The summed E-state index contributed by atoms with van der Waals surface area (Å²) in [6.07, 6.45) is 0. The number of aromatic amines is 1. The van der Waals surface area contributed by atoms with Crippen LogP contribution in [0.1, 0.15) is 16.7 Å². The second-order valence-corrected chi connectivity index (χ2v) is 9.46. The van der Waals surface area contributed by atoms with Crippen LogP contribution in [0.3, 0.4) is 0 Å². The molecule has 0 saturated heterocycles. The predicted octanol–water partition coefficient (Wildman–Crippen LogP) is 9.16. The zero-order valence-electron chi connectivity index (χ0n) is 20.8. The SMILES string of the molecule is Cc1ccccc1-c1ccc(-c2ccccc2C)c(-c2ccccc2C)c1-c1nc2ccccc2[nH]1. The predicted molar refractivity (Wildman–Crippen MR) is 152 cm³/mol. The molecule has 2 heteroatoms. The molecule has 0 spiro atoms. The van der Waals surface area contributed by atoms with Gasteiger partial charge in [0.2, 0.25) is 0 Å². The van der Waals surface area contributed by atoms with E-state index in [4.69, 9.17) is 4.98 Å². The van der Waals surface area contributed by atoms with E-state index in [1.165, 1.54) is 50.1 Å². The fourth-order valence-electron chi connectivity index (χ4n) is 5.25. The third-order valence-corrected chi connectivity index (χ3v) is 7.12. The molecule has 1 heterocycles. The molecule has 1 aromatic heterocycles. The van der Waals surface area contributed by atoms with E-state index in [1.807, 2.05) is 6.07 Å². The van der Waals surface area contributed by atoms with Crippen molar-refractivity contribution in [3.05, 3.63) is 126 Å². The van der Waals surface area contributed by atoms with Gasteiger partial charge in [-0.1, -0.05) is 97.1 Å². The maximum Gasteiger partial charge on any atom is 0.139 e. The molecule has 0 aliphatic rings. The van der Waals surface area contributed by atoms with Gasteiger partial charge in [-0.2, -0.15) is 0 Å². The van der Waals surface area contributed by atoms with E-state index in [9.17, 15) is 0 Å². The van der Waals surface area contributed by atoms with Crippen molar-refractivity contribution in [1.29, 1.82) is 0 Å². The van der Waals surface area contributed by atoms with Crippen LogP contribution >= 0.6 is 0 Å². The van der Waals surface area contributed by atoms with Crippen LogP contribution in [-0.4, -0.2) is 9.97 Å². The molecule has 6 rings (SSSR count). The fraction of sp³-hybridized carbons (Fsp3) is 0.0882. The van der Waals surface area contributed by atoms with E-state index in [1.54, 1.807) is 0 Å². The van der Waals surface area contributed by atoms with Crippen molar-refractivity contribution in [3.63, 3.8) is 0 Å². The average Bonchev–Trinajstić information content (AvgIpc) is 3.33. The van der Waals surface area contributed by atoms with Gasteiger partial charge in [0.25, 0.3) is 0 Å². The van der Waals surface area contributed by atoms with Crippen LogP contribution in [0.25, 0.3) is 55.8 Å². The van der Waals surface area contributed by atoms with Gasteiger partial charge in [-0.25, -0.2) is 4.98 Å². The van der Waals surface area contributed by atoms with E-state index in [2.05, 4.69) is 129 Å². The minimum absolute atomic E-state index is 0.892. The Balaban J connectivity index is 1.80. The maximum absolute atomic E-state index is 5.12. The molecule has 1 N–H and O–H groups in total. The molecule has 36 heavy (non-hydrogen) atoms. The molecule has 0 unspecified atom stereocenters. The van der Waals surface area contributed by atoms with Gasteiger partial charge in [0.15, 0.2) is 0 Å².